The van der Waals surface area contributed by atoms with E-state index in [4.69, 9.17) is 0 Å². The van der Waals surface area contributed by atoms with Gasteiger partial charge >= 0.3 is 5.97 Å². The average Bonchev–Trinajstić information content (AvgIpc) is 2.91. The molecule has 5 nitrogen and oxygen atoms in total. The molecule has 1 heterocycles. The van der Waals surface area contributed by atoms with Gasteiger partial charge < -0.3 is 14.8 Å². The number of imidazole rings is 1. The minimum absolute atomic E-state index is 0.0800. The van der Waals surface area contributed by atoms with E-state index in [1.165, 1.54) is 19.2 Å². The molecule has 3 rings (SSSR count). The van der Waals surface area contributed by atoms with Gasteiger partial charge in [-0.25, -0.2) is 14.2 Å². The summed E-state index contributed by atoms with van der Waals surface area (Å²) < 4.78 is 17.9. The molecule has 0 atom stereocenters. The minimum Gasteiger partial charge on any atom is -0.507 e. The predicted octanol–water partition coefficient (Wildman–Crippen LogP) is 2.86. The normalized spacial score (nSPS) is 10.8. The highest BCUT2D eigenvalue weighted by molar-refractivity contribution is 5.94. The molecule has 0 radical (unpaired) electrons. The number of H-pyrrole nitrogens is 1. The van der Waals surface area contributed by atoms with E-state index in [9.17, 15) is 14.3 Å². The zero-order valence-corrected chi connectivity index (χ0v) is 11.1. The SMILES string of the molecule is COC(=O)c1ccc2nc(-c3cc(F)ccc3O)[nH]c2c1. The van der Waals surface area contributed by atoms with Gasteiger partial charge in [0.15, 0.2) is 0 Å². The number of halogens is 1. The fourth-order valence-corrected chi connectivity index (χ4v) is 2.08. The number of methoxy groups -OCH3 is 1. The molecule has 0 spiro atoms. The smallest absolute Gasteiger partial charge is 0.337 e. The van der Waals surface area contributed by atoms with Gasteiger partial charge in [-0.2, -0.15) is 0 Å². The van der Waals surface area contributed by atoms with E-state index in [1.54, 1.807) is 18.2 Å². The summed E-state index contributed by atoms with van der Waals surface area (Å²) in [4.78, 5) is 18.7. The molecule has 0 fully saturated rings. The number of hydrogen-bond donors (Lipinski definition) is 2. The fraction of sp³-hybridized carbons (Fsp3) is 0.0667. The van der Waals surface area contributed by atoms with Crippen LogP contribution in [0.5, 0.6) is 5.75 Å². The van der Waals surface area contributed by atoms with E-state index in [2.05, 4.69) is 14.7 Å². The molecule has 2 aromatic carbocycles. The molecule has 0 amide bonds. The zero-order valence-electron chi connectivity index (χ0n) is 11.1. The number of fused-ring (bicyclic) bond motifs is 1. The molecule has 3 aromatic rings. The summed E-state index contributed by atoms with van der Waals surface area (Å²) in [6, 6.07) is 8.44. The second-order valence-corrected chi connectivity index (χ2v) is 4.47. The van der Waals surface area contributed by atoms with Crippen LogP contribution in [0.2, 0.25) is 0 Å². The number of nitrogens with zero attached hydrogens (tertiary/aromatic N) is 1. The van der Waals surface area contributed by atoms with Crippen molar-refractivity contribution >= 4 is 17.0 Å². The number of phenolic OH excluding ortho intramolecular Hbond substituents is 1. The molecule has 1 aromatic heterocycles. The number of aromatic nitrogens is 2. The summed E-state index contributed by atoms with van der Waals surface area (Å²) in [6.45, 7) is 0. The van der Waals surface area contributed by atoms with Crippen molar-refractivity contribution in [2.24, 2.45) is 0 Å². The lowest BCUT2D eigenvalue weighted by Crippen LogP contribution is -2.00. The Hall–Kier alpha value is -2.89. The van der Waals surface area contributed by atoms with E-state index in [0.717, 1.165) is 6.07 Å². The number of carbonyl (C=O) groups is 1. The zero-order chi connectivity index (χ0) is 15.0. The summed E-state index contributed by atoms with van der Waals surface area (Å²) >= 11 is 0. The lowest BCUT2D eigenvalue weighted by molar-refractivity contribution is 0.0601. The van der Waals surface area contributed by atoms with Gasteiger partial charge in [-0.3, -0.25) is 0 Å². The average molecular weight is 286 g/mol. The summed E-state index contributed by atoms with van der Waals surface area (Å²) in [5, 5.41) is 9.79. The Morgan fingerprint density at radius 2 is 2.10 bits per heavy atom. The van der Waals surface area contributed by atoms with Gasteiger partial charge in [-0.05, 0) is 36.4 Å². The van der Waals surface area contributed by atoms with Crippen molar-refractivity contribution in [2.45, 2.75) is 0 Å². The Morgan fingerprint density at radius 1 is 1.29 bits per heavy atom. The second-order valence-electron chi connectivity index (χ2n) is 4.47. The minimum atomic E-state index is -0.474. The van der Waals surface area contributed by atoms with Crippen LogP contribution in [0.4, 0.5) is 4.39 Å². The van der Waals surface area contributed by atoms with Crippen molar-refractivity contribution in [1.29, 1.82) is 0 Å². The Bertz CT molecular complexity index is 842. The molecule has 0 aliphatic rings. The van der Waals surface area contributed by atoms with Crippen molar-refractivity contribution in [3.05, 3.63) is 47.8 Å². The summed E-state index contributed by atoms with van der Waals surface area (Å²) in [5.41, 5.74) is 1.83. The highest BCUT2D eigenvalue weighted by Crippen LogP contribution is 2.29. The lowest BCUT2D eigenvalue weighted by atomic mass is 10.2. The number of ether oxygens (including phenoxy) is 1. The topological polar surface area (TPSA) is 75.2 Å². The molecular weight excluding hydrogens is 275 g/mol. The standard InChI is InChI=1S/C15H11FN2O3/c1-21-15(20)8-2-4-11-12(6-8)18-14(17-11)10-7-9(16)3-5-13(10)19/h2-7,19H,1H3,(H,17,18). The number of carbonyl (C=O) groups excluding carboxylic acids is 1. The molecule has 21 heavy (non-hydrogen) atoms. The maximum atomic E-state index is 13.3. The van der Waals surface area contributed by atoms with Crippen LogP contribution in [0.15, 0.2) is 36.4 Å². The number of benzene rings is 2. The maximum Gasteiger partial charge on any atom is 0.337 e. The molecule has 2 N–H and O–H groups in total. The van der Waals surface area contributed by atoms with Crippen LogP contribution in [0.25, 0.3) is 22.4 Å². The van der Waals surface area contributed by atoms with Crippen LogP contribution in [-0.4, -0.2) is 28.2 Å². The van der Waals surface area contributed by atoms with Gasteiger partial charge in [0.25, 0.3) is 0 Å². The Kier molecular flexibility index (Phi) is 3.06. The highest BCUT2D eigenvalue weighted by Gasteiger charge is 2.13. The van der Waals surface area contributed by atoms with Gasteiger partial charge in [0.1, 0.15) is 17.4 Å². The Morgan fingerprint density at radius 3 is 2.86 bits per heavy atom. The summed E-state index contributed by atoms with van der Waals surface area (Å²) in [6.07, 6.45) is 0. The Balaban J connectivity index is 2.13. The first-order chi connectivity index (χ1) is 10.1. The molecule has 0 aliphatic carbocycles. The van der Waals surface area contributed by atoms with Crippen molar-refractivity contribution in [1.82, 2.24) is 9.97 Å². The first-order valence-corrected chi connectivity index (χ1v) is 6.15. The molecule has 0 saturated heterocycles. The number of aromatic amines is 1. The third-order valence-electron chi connectivity index (χ3n) is 3.12. The number of phenols is 1. The lowest BCUT2D eigenvalue weighted by Gasteiger charge is -2.00. The van der Waals surface area contributed by atoms with Gasteiger partial charge in [-0.15, -0.1) is 0 Å². The largest absolute Gasteiger partial charge is 0.507 e. The first-order valence-electron chi connectivity index (χ1n) is 6.15. The van der Waals surface area contributed by atoms with E-state index in [0.29, 0.717) is 22.4 Å². The molecule has 0 unspecified atom stereocenters. The van der Waals surface area contributed by atoms with Crippen LogP contribution in [0, 0.1) is 5.82 Å². The molecule has 106 valence electrons. The van der Waals surface area contributed by atoms with Gasteiger partial charge in [-0.1, -0.05) is 0 Å². The monoisotopic (exact) mass is 286 g/mol. The molecular formula is C15H11FN2O3. The van der Waals surface area contributed by atoms with E-state index in [-0.39, 0.29) is 11.3 Å². The first kappa shape index (κ1) is 13.1. The van der Waals surface area contributed by atoms with E-state index < -0.39 is 11.8 Å². The maximum absolute atomic E-state index is 13.3. The fourth-order valence-electron chi connectivity index (χ4n) is 2.08. The number of rotatable bonds is 2. The van der Waals surface area contributed by atoms with E-state index >= 15 is 0 Å². The van der Waals surface area contributed by atoms with E-state index in [1.807, 2.05) is 0 Å². The van der Waals surface area contributed by atoms with Crippen LogP contribution in [0.1, 0.15) is 10.4 Å². The Labute approximate surface area is 119 Å². The number of esters is 1. The van der Waals surface area contributed by atoms with Crippen molar-refractivity contribution in [2.75, 3.05) is 7.11 Å². The van der Waals surface area contributed by atoms with Crippen LogP contribution < -0.4 is 0 Å². The van der Waals surface area contributed by atoms with Gasteiger partial charge in [0, 0.05) is 0 Å². The number of hydrogen-bond acceptors (Lipinski definition) is 4. The van der Waals surface area contributed by atoms with Crippen molar-refractivity contribution < 1.29 is 19.0 Å². The third kappa shape index (κ3) is 2.31. The molecule has 0 saturated carbocycles. The predicted molar refractivity (Wildman–Crippen MR) is 74.5 cm³/mol. The molecule has 6 heteroatoms. The third-order valence-corrected chi connectivity index (χ3v) is 3.12. The molecule has 0 bridgehead atoms. The van der Waals surface area contributed by atoms with Crippen LogP contribution >= 0.6 is 0 Å². The van der Waals surface area contributed by atoms with Crippen LogP contribution in [0.3, 0.4) is 0 Å². The van der Waals surface area contributed by atoms with Crippen LogP contribution in [-0.2, 0) is 4.74 Å². The van der Waals surface area contributed by atoms with Crippen molar-refractivity contribution in [3.63, 3.8) is 0 Å². The second kappa shape index (κ2) is 4.90. The molecule has 0 aliphatic heterocycles. The van der Waals surface area contributed by atoms with Gasteiger partial charge in [0.05, 0.1) is 29.3 Å². The summed E-state index contributed by atoms with van der Waals surface area (Å²) in [7, 11) is 1.30. The highest BCUT2D eigenvalue weighted by atomic mass is 19.1. The quantitative estimate of drug-likeness (QED) is 0.710. The number of aromatic hydroxyl groups is 1. The summed E-state index contributed by atoms with van der Waals surface area (Å²) in [5.74, 6) is -0.687. The number of nitrogens with one attached hydrogen (secondary N) is 1. The van der Waals surface area contributed by atoms with Crippen molar-refractivity contribution in [3.8, 4) is 17.1 Å². The van der Waals surface area contributed by atoms with Gasteiger partial charge in [0.2, 0.25) is 0 Å².